The summed E-state index contributed by atoms with van der Waals surface area (Å²) in [6.07, 6.45) is 2.88. The summed E-state index contributed by atoms with van der Waals surface area (Å²) in [6.45, 7) is 1.65. The lowest BCUT2D eigenvalue weighted by atomic mass is 10.1. The van der Waals surface area contributed by atoms with Crippen molar-refractivity contribution in [1.82, 2.24) is 9.78 Å². The molecule has 0 fully saturated rings. The predicted molar refractivity (Wildman–Crippen MR) is 76.7 cm³/mol. The second-order valence-electron chi connectivity index (χ2n) is 4.24. The molecular formula is C13H12BrN3O3. The minimum Gasteiger partial charge on any atom is -0.480 e. The Bertz CT molecular complexity index is 667. The van der Waals surface area contributed by atoms with Crippen LogP contribution in [-0.2, 0) is 11.3 Å². The summed E-state index contributed by atoms with van der Waals surface area (Å²) in [5.74, 6) is -1.26. The molecule has 1 heterocycles. The first kappa shape index (κ1) is 14.3. The number of carbonyl (C=O) groups excluding carboxylic acids is 1. The Hall–Kier alpha value is -2.15. The Balaban J connectivity index is 2.09. The fraction of sp³-hybridized carbons (Fsp3) is 0.154. The fourth-order valence-corrected chi connectivity index (χ4v) is 1.89. The van der Waals surface area contributed by atoms with Crippen LogP contribution in [0.3, 0.4) is 0 Å². The molecule has 7 heteroatoms. The molecule has 0 unspecified atom stereocenters. The molecule has 0 saturated heterocycles. The largest absolute Gasteiger partial charge is 0.480 e. The maximum absolute atomic E-state index is 12.0. The van der Waals surface area contributed by atoms with E-state index in [1.807, 2.05) is 6.92 Å². The van der Waals surface area contributed by atoms with Crippen molar-refractivity contribution in [2.75, 3.05) is 5.32 Å². The molecule has 6 nitrogen and oxygen atoms in total. The van der Waals surface area contributed by atoms with Gasteiger partial charge in [0.15, 0.2) is 0 Å². The topological polar surface area (TPSA) is 84.2 Å². The van der Waals surface area contributed by atoms with Gasteiger partial charge in [0.2, 0.25) is 0 Å². The molecule has 0 aliphatic heterocycles. The molecule has 0 bridgehead atoms. The van der Waals surface area contributed by atoms with Crippen molar-refractivity contribution < 1.29 is 14.7 Å². The summed E-state index contributed by atoms with van der Waals surface area (Å²) in [6, 6.07) is 5.27. The van der Waals surface area contributed by atoms with Gasteiger partial charge in [-0.15, -0.1) is 0 Å². The lowest BCUT2D eigenvalue weighted by Crippen LogP contribution is -2.12. The number of nitrogens with zero attached hydrogens (tertiary/aromatic N) is 2. The molecule has 2 N–H and O–H groups in total. The first-order valence-electron chi connectivity index (χ1n) is 5.77. The zero-order valence-corrected chi connectivity index (χ0v) is 12.2. The van der Waals surface area contributed by atoms with Gasteiger partial charge in [-0.2, -0.15) is 5.10 Å². The number of benzene rings is 1. The van der Waals surface area contributed by atoms with Gasteiger partial charge in [0.05, 0.1) is 11.9 Å². The summed E-state index contributed by atoms with van der Waals surface area (Å²) in [5, 5.41) is 15.2. The van der Waals surface area contributed by atoms with Crippen LogP contribution in [-0.4, -0.2) is 26.8 Å². The predicted octanol–water partition coefficient (Wildman–Crippen LogP) is 2.29. The van der Waals surface area contributed by atoms with Crippen LogP contribution in [0, 0.1) is 6.92 Å². The SMILES string of the molecule is Cc1cc(C(=O)Nc2cnn(CC(=O)O)c2)ccc1Br. The van der Waals surface area contributed by atoms with E-state index in [0.29, 0.717) is 11.3 Å². The Morgan fingerprint density at radius 3 is 2.85 bits per heavy atom. The Labute approximate surface area is 123 Å². The van der Waals surface area contributed by atoms with Crippen LogP contribution >= 0.6 is 15.9 Å². The molecule has 2 rings (SSSR count). The molecule has 0 aliphatic carbocycles. The molecule has 1 amide bonds. The number of carboxylic acids is 1. The van der Waals surface area contributed by atoms with Crippen molar-refractivity contribution in [3.8, 4) is 0 Å². The first-order valence-corrected chi connectivity index (χ1v) is 6.57. The number of amides is 1. The van der Waals surface area contributed by atoms with E-state index < -0.39 is 5.97 Å². The fourth-order valence-electron chi connectivity index (χ4n) is 1.64. The van der Waals surface area contributed by atoms with Gasteiger partial charge in [-0.25, -0.2) is 0 Å². The maximum Gasteiger partial charge on any atom is 0.325 e. The van der Waals surface area contributed by atoms with E-state index in [2.05, 4.69) is 26.3 Å². The summed E-state index contributed by atoms with van der Waals surface area (Å²) in [7, 11) is 0. The third-order valence-electron chi connectivity index (χ3n) is 2.61. The quantitative estimate of drug-likeness (QED) is 0.896. The number of hydrogen-bond donors (Lipinski definition) is 2. The molecule has 20 heavy (non-hydrogen) atoms. The highest BCUT2D eigenvalue weighted by molar-refractivity contribution is 9.10. The van der Waals surface area contributed by atoms with Gasteiger partial charge in [0.25, 0.3) is 5.91 Å². The Morgan fingerprint density at radius 2 is 2.20 bits per heavy atom. The smallest absolute Gasteiger partial charge is 0.325 e. The summed E-state index contributed by atoms with van der Waals surface area (Å²) >= 11 is 3.37. The Kier molecular flexibility index (Phi) is 4.19. The van der Waals surface area contributed by atoms with Gasteiger partial charge in [-0.3, -0.25) is 14.3 Å². The van der Waals surface area contributed by atoms with Crippen molar-refractivity contribution in [2.24, 2.45) is 0 Å². The van der Waals surface area contributed by atoms with Gasteiger partial charge in [0.1, 0.15) is 6.54 Å². The number of carbonyl (C=O) groups is 2. The first-order chi connectivity index (χ1) is 9.45. The highest BCUT2D eigenvalue weighted by atomic mass is 79.9. The van der Waals surface area contributed by atoms with Gasteiger partial charge in [-0.1, -0.05) is 15.9 Å². The lowest BCUT2D eigenvalue weighted by Gasteiger charge is -2.04. The zero-order valence-electron chi connectivity index (χ0n) is 10.6. The summed E-state index contributed by atoms with van der Waals surface area (Å²) in [5.41, 5.74) is 1.94. The zero-order chi connectivity index (χ0) is 14.7. The summed E-state index contributed by atoms with van der Waals surface area (Å²) in [4.78, 5) is 22.6. The number of rotatable bonds is 4. The summed E-state index contributed by atoms with van der Waals surface area (Å²) < 4.78 is 2.17. The van der Waals surface area contributed by atoms with Crippen LogP contribution in [0.5, 0.6) is 0 Å². The molecule has 0 spiro atoms. The molecule has 0 atom stereocenters. The van der Waals surface area contributed by atoms with Crippen molar-refractivity contribution in [3.63, 3.8) is 0 Å². The van der Waals surface area contributed by atoms with Gasteiger partial charge in [0, 0.05) is 16.2 Å². The van der Waals surface area contributed by atoms with E-state index in [4.69, 9.17) is 5.11 Å². The molecule has 104 valence electrons. The number of anilines is 1. The van der Waals surface area contributed by atoms with Crippen LogP contribution in [0.4, 0.5) is 5.69 Å². The van der Waals surface area contributed by atoms with E-state index in [-0.39, 0.29) is 12.5 Å². The molecule has 0 aliphatic rings. The third-order valence-corrected chi connectivity index (χ3v) is 3.50. The number of carboxylic acid groups (broad SMARTS) is 1. The average molecular weight is 338 g/mol. The molecule has 2 aromatic rings. The van der Waals surface area contributed by atoms with Crippen molar-refractivity contribution >= 4 is 33.5 Å². The van der Waals surface area contributed by atoms with E-state index in [9.17, 15) is 9.59 Å². The number of aliphatic carboxylic acids is 1. The third kappa shape index (κ3) is 3.45. The second-order valence-corrected chi connectivity index (χ2v) is 5.09. The number of hydrogen-bond acceptors (Lipinski definition) is 3. The Morgan fingerprint density at radius 1 is 1.45 bits per heavy atom. The average Bonchev–Trinajstić information content (AvgIpc) is 2.79. The molecule has 0 saturated carbocycles. The second kappa shape index (κ2) is 5.87. The number of aryl methyl sites for hydroxylation is 1. The van der Waals surface area contributed by atoms with Crippen molar-refractivity contribution in [3.05, 3.63) is 46.2 Å². The van der Waals surface area contributed by atoms with Gasteiger partial charge < -0.3 is 10.4 Å². The highest BCUT2D eigenvalue weighted by Gasteiger charge is 2.09. The molecule has 1 aromatic heterocycles. The number of halogens is 1. The van der Waals surface area contributed by atoms with E-state index in [1.165, 1.54) is 17.1 Å². The molecule has 1 aromatic carbocycles. The van der Waals surface area contributed by atoms with Crippen LogP contribution in [0.1, 0.15) is 15.9 Å². The van der Waals surface area contributed by atoms with E-state index in [1.54, 1.807) is 18.2 Å². The maximum atomic E-state index is 12.0. The normalized spacial score (nSPS) is 10.3. The van der Waals surface area contributed by atoms with Crippen molar-refractivity contribution in [1.29, 1.82) is 0 Å². The van der Waals surface area contributed by atoms with Crippen LogP contribution in [0.25, 0.3) is 0 Å². The number of aromatic nitrogens is 2. The lowest BCUT2D eigenvalue weighted by molar-refractivity contribution is -0.137. The molecular weight excluding hydrogens is 326 g/mol. The van der Waals surface area contributed by atoms with Crippen LogP contribution in [0.2, 0.25) is 0 Å². The van der Waals surface area contributed by atoms with E-state index in [0.717, 1.165) is 10.0 Å². The minimum atomic E-state index is -0.991. The van der Waals surface area contributed by atoms with Crippen LogP contribution in [0.15, 0.2) is 35.1 Å². The standard InChI is InChI=1S/C13H12BrN3O3/c1-8-4-9(2-3-11(8)14)13(20)16-10-5-15-17(6-10)7-12(18)19/h2-6H,7H2,1H3,(H,16,20)(H,18,19). The number of nitrogens with one attached hydrogen (secondary N) is 1. The minimum absolute atomic E-state index is 0.243. The monoisotopic (exact) mass is 337 g/mol. The van der Waals surface area contributed by atoms with Gasteiger partial charge >= 0.3 is 5.97 Å². The van der Waals surface area contributed by atoms with E-state index >= 15 is 0 Å². The van der Waals surface area contributed by atoms with Crippen LogP contribution < -0.4 is 5.32 Å². The van der Waals surface area contributed by atoms with Gasteiger partial charge in [-0.05, 0) is 30.7 Å². The molecule has 0 radical (unpaired) electrons. The highest BCUT2D eigenvalue weighted by Crippen LogP contribution is 2.18. The van der Waals surface area contributed by atoms with Crippen molar-refractivity contribution in [2.45, 2.75) is 13.5 Å².